The number of benzene rings is 2. The fraction of sp³-hybridized carbons (Fsp3) is 0.250. The summed E-state index contributed by atoms with van der Waals surface area (Å²) < 4.78 is 26.2. The normalized spacial score (nSPS) is 10.7. The fourth-order valence-corrected chi connectivity index (χ4v) is 2.83. The summed E-state index contributed by atoms with van der Waals surface area (Å²) in [6.45, 7) is 2.01. The van der Waals surface area contributed by atoms with E-state index in [1.165, 1.54) is 39.7 Å². The lowest BCUT2D eigenvalue weighted by atomic mass is 10.1. The molecule has 0 aliphatic heterocycles. The van der Waals surface area contributed by atoms with Gasteiger partial charge in [0.1, 0.15) is 23.0 Å². The minimum atomic E-state index is -0.469. The largest absolute Gasteiger partial charge is 0.496 e. The zero-order valence-electron chi connectivity index (χ0n) is 19.3. The summed E-state index contributed by atoms with van der Waals surface area (Å²) in [6, 6.07) is 8.46. The Balaban J connectivity index is 2.17. The van der Waals surface area contributed by atoms with Crippen LogP contribution in [0.5, 0.6) is 23.0 Å². The van der Waals surface area contributed by atoms with E-state index in [2.05, 4.69) is 10.6 Å². The van der Waals surface area contributed by atoms with Crippen LogP contribution in [-0.4, -0.2) is 46.9 Å². The lowest BCUT2D eigenvalue weighted by Crippen LogP contribution is -2.08. The van der Waals surface area contributed by atoms with Gasteiger partial charge in [0.25, 0.3) is 0 Å². The third-order valence-corrected chi connectivity index (χ3v) is 4.37. The van der Waals surface area contributed by atoms with Crippen molar-refractivity contribution in [2.45, 2.75) is 6.92 Å². The molecule has 2 aromatic carbocycles. The first-order valence-corrected chi connectivity index (χ1v) is 10.0. The maximum atomic E-state index is 12.5. The summed E-state index contributed by atoms with van der Waals surface area (Å²) in [7, 11) is 6.11. The molecule has 0 radical (unpaired) electrons. The zero-order chi connectivity index (χ0) is 24.2. The lowest BCUT2D eigenvalue weighted by Gasteiger charge is -2.13. The van der Waals surface area contributed by atoms with Crippen molar-refractivity contribution >= 4 is 29.3 Å². The third kappa shape index (κ3) is 7.20. The molecule has 0 bridgehead atoms. The number of rotatable bonds is 11. The maximum Gasteiger partial charge on any atom is 0.332 e. The number of methoxy groups -OCH3 is 4. The van der Waals surface area contributed by atoms with Gasteiger partial charge in [-0.15, -0.1) is 0 Å². The number of hydrogen-bond donors (Lipinski definition) is 2. The van der Waals surface area contributed by atoms with Crippen molar-refractivity contribution in [3.05, 3.63) is 54.2 Å². The second-order valence-electron chi connectivity index (χ2n) is 6.41. The minimum absolute atomic E-state index is 0.288. The Bertz CT molecular complexity index is 1010. The van der Waals surface area contributed by atoms with Crippen LogP contribution in [0, 0.1) is 0 Å². The number of anilines is 2. The van der Waals surface area contributed by atoms with Gasteiger partial charge in [0.2, 0.25) is 5.91 Å². The molecule has 2 aromatic rings. The molecule has 2 rings (SSSR count). The molecule has 9 heteroatoms. The number of ether oxygens (including phenoxy) is 5. The van der Waals surface area contributed by atoms with Crippen LogP contribution < -0.4 is 29.6 Å². The van der Waals surface area contributed by atoms with Gasteiger partial charge in [0.15, 0.2) is 0 Å². The Morgan fingerprint density at radius 1 is 0.879 bits per heavy atom. The van der Waals surface area contributed by atoms with Gasteiger partial charge in [-0.05, 0) is 31.2 Å². The number of carbonyl (C=O) groups is 2. The summed E-state index contributed by atoms with van der Waals surface area (Å²) in [6.07, 6.45) is 5.65. The standard InChI is InChI=1S/C24H28N2O7/c1-6-33-24(28)11-12-25-19-13-16(7-9-20(19)30-3)26-23(27)10-8-18-21(31-4)14-17(29-2)15-22(18)32-5/h7-15,25H,6H2,1-5H3,(H,26,27)/b10-8+,12-11+. The minimum Gasteiger partial charge on any atom is -0.496 e. The molecule has 2 N–H and O–H groups in total. The first-order valence-electron chi connectivity index (χ1n) is 10.0. The lowest BCUT2D eigenvalue weighted by molar-refractivity contribution is -0.137. The summed E-state index contributed by atoms with van der Waals surface area (Å²) in [4.78, 5) is 24.0. The van der Waals surface area contributed by atoms with Crippen molar-refractivity contribution < 1.29 is 33.3 Å². The van der Waals surface area contributed by atoms with Crippen molar-refractivity contribution in [3.63, 3.8) is 0 Å². The number of carbonyl (C=O) groups excluding carboxylic acids is 2. The average Bonchev–Trinajstić information content (AvgIpc) is 2.82. The molecule has 176 valence electrons. The highest BCUT2D eigenvalue weighted by molar-refractivity contribution is 6.02. The van der Waals surface area contributed by atoms with Gasteiger partial charge >= 0.3 is 5.97 Å². The monoisotopic (exact) mass is 456 g/mol. The van der Waals surface area contributed by atoms with E-state index in [4.69, 9.17) is 23.7 Å². The van der Waals surface area contributed by atoms with Gasteiger partial charge in [0.05, 0.1) is 46.3 Å². The predicted octanol–water partition coefficient (Wildman–Crippen LogP) is 3.86. The number of hydrogen-bond acceptors (Lipinski definition) is 8. The van der Waals surface area contributed by atoms with Crippen molar-refractivity contribution in [1.29, 1.82) is 0 Å². The SMILES string of the molecule is CCOC(=O)/C=C/Nc1cc(NC(=O)/C=C/c2c(OC)cc(OC)cc2OC)ccc1OC. The molecule has 0 atom stereocenters. The van der Waals surface area contributed by atoms with E-state index in [9.17, 15) is 9.59 Å². The predicted molar refractivity (Wildman–Crippen MR) is 126 cm³/mol. The Kier molecular flexibility index (Phi) is 9.63. The van der Waals surface area contributed by atoms with Gasteiger partial charge in [0, 0.05) is 36.2 Å². The molecule has 0 aliphatic carbocycles. The van der Waals surface area contributed by atoms with Crippen LogP contribution in [0.2, 0.25) is 0 Å². The van der Waals surface area contributed by atoms with E-state index in [0.717, 1.165) is 0 Å². The molecule has 0 aromatic heterocycles. The van der Waals surface area contributed by atoms with Gasteiger partial charge in [-0.25, -0.2) is 4.79 Å². The van der Waals surface area contributed by atoms with Crippen molar-refractivity contribution in [3.8, 4) is 23.0 Å². The highest BCUT2D eigenvalue weighted by Crippen LogP contribution is 2.35. The van der Waals surface area contributed by atoms with Crippen molar-refractivity contribution in [1.82, 2.24) is 0 Å². The first kappa shape index (κ1) is 25.1. The van der Waals surface area contributed by atoms with E-state index < -0.39 is 5.97 Å². The van der Waals surface area contributed by atoms with Crippen LogP contribution in [0.3, 0.4) is 0 Å². The van der Waals surface area contributed by atoms with Crippen LogP contribution in [0.1, 0.15) is 12.5 Å². The van der Waals surface area contributed by atoms with E-state index in [0.29, 0.717) is 39.9 Å². The van der Waals surface area contributed by atoms with Crippen LogP contribution in [0.4, 0.5) is 11.4 Å². The van der Waals surface area contributed by atoms with E-state index in [1.54, 1.807) is 50.4 Å². The van der Waals surface area contributed by atoms with Gasteiger partial charge in [-0.2, -0.15) is 0 Å². The van der Waals surface area contributed by atoms with E-state index in [1.807, 2.05) is 0 Å². The fourth-order valence-electron chi connectivity index (χ4n) is 2.83. The van der Waals surface area contributed by atoms with E-state index >= 15 is 0 Å². The van der Waals surface area contributed by atoms with Crippen molar-refractivity contribution in [2.75, 3.05) is 45.7 Å². The van der Waals surface area contributed by atoms with Gasteiger partial charge in [-0.3, -0.25) is 4.79 Å². The Morgan fingerprint density at radius 3 is 2.12 bits per heavy atom. The summed E-state index contributed by atoms with van der Waals surface area (Å²) in [5, 5.41) is 5.72. The Morgan fingerprint density at radius 2 is 1.55 bits per heavy atom. The van der Waals surface area contributed by atoms with Gasteiger partial charge < -0.3 is 34.3 Å². The topological polar surface area (TPSA) is 104 Å². The smallest absolute Gasteiger partial charge is 0.332 e. The Hall–Kier alpha value is -4.14. The molecule has 0 spiro atoms. The average molecular weight is 456 g/mol. The molecule has 9 nitrogen and oxygen atoms in total. The second-order valence-corrected chi connectivity index (χ2v) is 6.41. The molecule has 1 amide bonds. The summed E-state index contributed by atoms with van der Waals surface area (Å²) in [5.74, 6) is 1.26. The number of nitrogens with one attached hydrogen (secondary N) is 2. The van der Waals surface area contributed by atoms with Gasteiger partial charge in [-0.1, -0.05) is 0 Å². The number of amides is 1. The summed E-state index contributed by atoms with van der Waals surface area (Å²) in [5.41, 5.74) is 1.67. The molecular weight excluding hydrogens is 428 g/mol. The molecule has 0 saturated heterocycles. The molecule has 0 unspecified atom stereocenters. The molecule has 0 fully saturated rings. The van der Waals surface area contributed by atoms with Crippen LogP contribution in [0.25, 0.3) is 6.08 Å². The highest BCUT2D eigenvalue weighted by Gasteiger charge is 2.12. The third-order valence-electron chi connectivity index (χ3n) is 4.37. The maximum absolute atomic E-state index is 12.5. The van der Waals surface area contributed by atoms with E-state index in [-0.39, 0.29) is 12.5 Å². The second kappa shape index (κ2) is 12.7. The molecule has 33 heavy (non-hydrogen) atoms. The molecule has 0 saturated carbocycles. The summed E-state index contributed by atoms with van der Waals surface area (Å²) >= 11 is 0. The molecule has 0 heterocycles. The molecular formula is C24H28N2O7. The quantitative estimate of drug-likeness (QED) is 0.388. The number of esters is 1. The van der Waals surface area contributed by atoms with Crippen molar-refractivity contribution in [2.24, 2.45) is 0 Å². The molecule has 0 aliphatic rings. The first-order chi connectivity index (χ1) is 15.9. The highest BCUT2D eigenvalue weighted by atomic mass is 16.5. The Labute approximate surface area is 192 Å². The van der Waals surface area contributed by atoms with Crippen LogP contribution in [-0.2, 0) is 14.3 Å². The van der Waals surface area contributed by atoms with Crippen LogP contribution >= 0.6 is 0 Å². The van der Waals surface area contributed by atoms with Crippen LogP contribution in [0.15, 0.2) is 48.7 Å². The zero-order valence-corrected chi connectivity index (χ0v) is 19.3.